The number of carboxylic acids is 2. The molecule has 0 spiro atoms. The van der Waals surface area contributed by atoms with Crippen LogP contribution in [0.3, 0.4) is 0 Å². The average Bonchev–Trinajstić information content (AvgIpc) is 2.64. The molecule has 2 rings (SSSR count). The maximum Gasteiger partial charge on any atom is 0.335 e. The molecule has 0 fully saturated rings. The summed E-state index contributed by atoms with van der Waals surface area (Å²) < 4.78 is 0. The van der Waals surface area contributed by atoms with E-state index in [1.54, 1.807) is 19.1 Å². The number of hydrogen-bond acceptors (Lipinski definition) is 5. The molecule has 136 valence electrons. The number of hydrogen-bond donors (Lipinski definition) is 3. The Labute approximate surface area is 151 Å². The number of aliphatic carboxylic acids is 1. The number of nitrogens with one attached hydrogen (secondary N) is 1. The Hall–Kier alpha value is -3.22. The van der Waals surface area contributed by atoms with Crippen molar-refractivity contribution in [3.63, 3.8) is 0 Å². The van der Waals surface area contributed by atoms with E-state index in [-0.39, 0.29) is 11.5 Å². The number of aromatic carboxylic acids is 1. The highest BCUT2D eigenvalue weighted by atomic mass is 16.4. The van der Waals surface area contributed by atoms with Crippen molar-refractivity contribution in [3.8, 4) is 0 Å². The standard InChI is InChI=1S/C19H21N3O4/c1-13(18(23)24)3-2-12-20-15-8-10-17(11-9-15)22-21-16-6-4-14(5-7-16)19(25)26/h4-11,13,20H,2-3,12H2,1H3,(H,23,24)(H,25,26). The Kier molecular flexibility index (Phi) is 6.84. The second kappa shape index (κ2) is 9.31. The zero-order valence-electron chi connectivity index (χ0n) is 14.4. The van der Waals surface area contributed by atoms with Crippen LogP contribution >= 0.6 is 0 Å². The highest BCUT2D eigenvalue weighted by Crippen LogP contribution is 2.21. The van der Waals surface area contributed by atoms with Crippen LogP contribution in [0, 0.1) is 5.92 Å². The first-order valence-electron chi connectivity index (χ1n) is 8.27. The van der Waals surface area contributed by atoms with Crippen molar-refractivity contribution in [2.75, 3.05) is 11.9 Å². The molecule has 0 bridgehead atoms. The normalized spacial score (nSPS) is 12.0. The third-order valence-electron chi connectivity index (χ3n) is 3.83. The molecule has 1 unspecified atom stereocenters. The smallest absolute Gasteiger partial charge is 0.335 e. The molecule has 0 amide bonds. The summed E-state index contributed by atoms with van der Waals surface area (Å²) in [5, 5.41) is 29.1. The van der Waals surface area contributed by atoms with Gasteiger partial charge in [-0.25, -0.2) is 4.79 Å². The highest BCUT2D eigenvalue weighted by Gasteiger charge is 2.09. The van der Waals surface area contributed by atoms with Crippen molar-refractivity contribution >= 4 is 29.0 Å². The van der Waals surface area contributed by atoms with Gasteiger partial charge in [-0.15, -0.1) is 0 Å². The fourth-order valence-corrected chi connectivity index (χ4v) is 2.20. The van der Waals surface area contributed by atoms with Gasteiger partial charge in [0.25, 0.3) is 0 Å². The molecule has 0 saturated heterocycles. The Balaban J connectivity index is 1.83. The van der Waals surface area contributed by atoms with Crippen molar-refractivity contribution in [3.05, 3.63) is 54.1 Å². The van der Waals surface area contributed by atoms with E-state index in [1.165, 1.54) is 12.1 Å². The first-order chi connectivity index (χ1) is 12.5. The number of carbonyl (C=O) groups is 2. The summed E-state index contributed by atoms with van der Waals surface area (Å²) in [5.74, 6) is -2.07. The van der Waals surface area contributed by atoms with Crippen molar-refractivity contribution in [1.29, 1.82) is 0 Å². The zero-order valence-corrected chi connectivity index (χ0v) is 14.4. The summed E-state index contributed by atoms with van der Waals surface area (Å²) in [5.41, 5.74) is 2.39. The minimum absolute atomic E-state index is 0.206. The van der Waals surface area contributed by atoms with Crippen LogP contribution in [0.2, 0.25) is 0 Å². The van der Waals surface area contributed by atoms with E-state index in [9.17, 15) is 9.59 Å². The molecule has 0 aliphatic rings. The van der Waals surface area contributed by atoms with E-state index in [0.29, 0.717) is 24.3 Å². The first kappa shape index (κ1) is 19.1. The molecule has 0 aromatic heterocycles. The SMILES string of the molecule is CC(CCCNc1ccc(N=Nc2ccc(C(=O)O)cc2)cc1)C(=O)O. The number of rotatable bonds is 9. The first-order valence-corrected chi connectivity index (χ1v) is 8.27. The monoisotopic (exact) mass is 355 g/mol. The zero-order chi connectivity index (χ0) is 18.9. The van der Waals surface area contributed by atoms with Crippen LogP contribution in [-0.4, -0.2) is 28.7 Å². The van der Waals surface area contributed by atoms with Gasteiger partial charge in [-0.1, -0.05) is 6.92 Å². The number of anilines is 1. The van der Waals surface area contributed by atoms with Gasteiger partial charge in [0.15, 0.2) is 0 Å². The lowest BCUT2D eigenvalue weighted by molar-refractivity contribution is -0.141. The maximum atomic E-state index is 10.8. The van der Waals surface area contributed by atoms with Gasteiger partial charge in [-0.3, -0.25) is 4.79 Å². The molecule has 0 aliphatic carbocycles. The molecule has 2 aromatic carbocycles. The second-order valence-corrected chi connectivity index (χ2v) is 5.91. The minimum Gasteiger partial charge on any atom is -0.481 e. The summed E-state index contributed by atoms with van der Waals surface area (Å²) in [6, 6.07) is 13.5. The molecular formula is C19H21N3O4. The van der Waals surface area contributed by atoms with Gasteiger partial charge in [0, 0.05) is 12.2 Å². The van der Waals surface area contributed by atoms with Gasteiger partial charge in [-0.2, -0.15) is 10.2 Å². The lowest BCUT2D eigenvalue weighted by Gasteiger charge is -2.08. The fraction of sp³-hybridized carbons (Fsp3) is 0.263. The van der Waals surface area contributed by atoms with Gasteiger partial charge >= 0.3 is 11.9 Å². The third kappa shape index (κ3) is 6.01. The van der Waals surface area contributed by atoms with E-state index >= 15 is 0 Å². The third-order valence-corrected chi connectivity index (χ3v) is 3.83. The average molecular weight is 355 g/mol. The van der Waals surface area contributed by atoms with Gasteiger partial charge in [0.1, 0.15) is 0 Å². The molecule has 2 aromatic rings. The molecular weight excluding hydrogens is 334 g/mol. The molecule has 0 radical (unpaired) electrons. The quantitative estimate of drug-likeness (QED) is 0.445. The molecule has 0 heterocycles. The summed E-state index contributed by atoms with van der Waals surface area (Å²) in [4.78, 5) is 21.5. The van der Waals surface area contributed by atoms with Crippen LogP contribution in [-0.2, 0) is 4.79 Å². The van der Waals surface area contributed by atoms with Crippen molar-refractivity contribution < 1.29 is 19.8 Å². The van der Waals surface area contributed by atoms with Gasteiger partial charge in [0.05, 0.1) is 22.9 Å². The van der Waals surface area contributed by atoms with Crippen LogP contribution in [0.15, 0.2) is 58.8 Å². The van der Waals surface area contributed by atoms with Crippen LogP contribution in [0.4, 0.5) is 17.1 Å². The number of benzene rings is 2. The summed E-state index contributed by atoms with van der Waals surface area (Å²) in [7, 11) is 0. The summed E-state index contributed by atoms with van der Waals surface area (Å²) in [6.45, 7) is 2.41. The Morgan fingerprint density at radius 3 is 2.00 bits per heavy atom. The van der Waals surface area contributed by atoms with E-state index in [0.717, 1.165) is 12.1 Å². The largest absolute Gasteiger partial charge is 0.481 e. The van der Waals surface area contributed by atoms with Crippen molar-refractivity contribution in [2.45, 2.75) is 19.8 Å². The lowest BCUT2D eigenvalue weighted by Crippen LogP contribution is -2.11. The van der Waals surface area contributed by atoms with Crippen molar-refractivity contribution in [2.24, 2.45) is 16.1 Å². The fourth-order valence-electron chi connectivity index (χ4n) is 2.20. The molecule has 7 nitrogen and oxygen atoms in total. The Morgan fingerprint density at radius 1 is 0.962 bits per heavy atom. The number of nitrogens with zero attached hydrogens (tertiary/aromatic N) is 2. The van der Waals surface area contributed by atoms with Gasteiger partial charge in [0.2, 0.25) is 0 Å². The number of carboxylic acid groups (broad SMARTS) is 2. The van der Waals surface area contributed by atoms with Crippen LogP contribution in [0.5, 0.6) is 0 Å². The second-order valence-electron chi connectivity index (χ2n) is 5.91. The van der Waals surface area contributed by atoms with E-state index in [2.05, 4.69) is 15.5 Å². The van der Waals surface area contributed by atoms with Crippen LogP contribution < -0.4 is 5.32 Å². The van der Waals surface area contributed by atoms with E-state index in [4.69, 9.17) is 10.2 Å². The Morgan fingerprint density at radius 2 is 1.50 bits per heavy atom. The van der Waals surface area contributed by atoms with Gasteiger partial charge in [-0.05, 0) is 61.4 Å². The highest BCUT2D eigenvalue weighted by molar-refractivity contribution is 5.87. The van der Waals surface area contributed by atoms with E-state index in [1.807, 2.05) is 24.3 Å². The molecule has 3 N–H and O–H groups in total. The molecule has 0 aliphatic heterocycles. The topological polar surface area (TPSA) is 111 Å². The van der Waals surface area contributed by atoms with Crippen LogP contribution in [0.1, 0.15) is 30.1 Å². The molecule has 26 heavy (non-hydrogen) atoms. The van der Waals surface area contributed by atoms with Gasteiger partial charge < -0.3 is 15.5 Å². The predicted molar refractivity (Wildman–Crippen MR) is 98.5 cm³/mol. The molecule has 0 saturated carbocycles. The van der Waals surface area contributed by atoms with Crippen molar-refractivity contribution in [1.82, 2.24) is 0 Å². The number of azo groups is 1. The maximum absolute atomic E-state index is 10.8. The summed E-state index contributed by atoms with van der Waals surface area (Å²) >= 11 is 0. The summed E-state index contributed by atoms with van der Waals surface area (Å²) in [6.07, 6.45) is 1.41. The lowest BCUT2D eigenvalue weighted by atomic mass is 10.1. The molecule has 1 atom stereocenters. The minimum atomic E-state index is -0.978. The van der Waals surface area contributed by atoms with E-state index < -0.39 is 11.9 Å². The molecule has 7 heteroatoms. The Bertz CT molecular complexity index is 770. The van der Waals surface area contributed by atoms with Crippen LogP contribution in [0.25, 0.3) is 0 Å². The predicted octanol–water partition coefficient (Wildman–Crippen LogP) is 4.71.